The summed E-state index contributed by atoms with van der Waals surface area (Å²) in [6.45, 7) is 4.23. The number of benzene rings is 1. The number of halogens is 1. The largest absolute Gasteiger partial charge is 0.314 e. The molecule has 1 aliphatic rings. The monoisotopic (exact) mass is 264 g/mol. The van der Waals surface area contributed by atoms with Crippen LogP contribution >= 0.6 is 0 Å². The van der Waals surface area contributed by atoms with Gasteiger partial charge in [0, 0.05) is 17.6 Å². The summed E-state index contributed by atoms with van der Waals surface area (Å²) in [7, 11) is 2.08. The zero-order valence-corrected chi connectivity index (χ0v) is 12.0. The van der Waals surface area contributed by atoms with Gasteiger partial charge in [0.05, 0.1) is 0 Å². The average Bonchev–Trinajstić information content (AvgIpc) is 2.45. The van der Waals surface area contributed by atoms with Crippen LogP contribution in [0.25, 0.3) is 0 Å². The van der Waals surface area contributed by atoms with Gasteiger partial charge in [-0.3, -0.25) is 4.90 Å². The molecular weight excluding hydrogens is 239 g/mol. The zero-order valence-electron chi connectivity index (χ0n) is 12.0. The van der Waals surface area contributed by atoms with Crippen LogP contribution in [0.15, 0.2) is 24.3 Å². The van der Waals surface area contributed by atoms with Crippen molar-refractivity contribution in [2.45, 2.75) is 44.7 Å². The van der Waals surface area contributed by atoms with Gasteiger partial charge in [-0.25, -0.2) is 4.39 Å². The van der Waals surface area contributed by atoms with E-state index >= 15 is 0 Å². The quantitative estimate of drug-likeness (QED) is 0.877. The summed E-state index contributed by atoms with van der Waals surface area (Å²) in [4.78, 5) is 2.24. The van der Waals surface area contributed by atoms with Crippen molar-refractivity contribution in [1.82, 2.24) is 10.2 Å². The highest BCUT2D eigenvalue weighted by Gasteiger charge is 2.17. The predicted octanol–water partition coefficient (Wildman–Crippen LogP) is 3.35. The van der Waals surface area contributed by atoms with Gasteiger partial charge in [-0.15, -0.1) is 0 Å². The minimum atomic E-state index is -0.0994. The molecule has 0 aromatic heterocycles. The van der Waals surface area contributed by atoms with E-state index in [1.54, 1.807) is 12.1 Å². The summed E-state index contributed by atoms with van der Waals surface area (Å²) in [6.07, 6.45) is 5.07. The molecule has 2 rings (SSSR count). The highest BCUT2D eigenvalue weighted by atomic mass is 19.1. The second-order valence-corrected chi connectivity index (χ2v) is 5.61. The second kappa shape index (κ2) is 7.01. The maximum absolute atomic E-state index is 13.8. The number of hydrogen-bond acceptors (Lipinski definition) is 2. The number of nitrogens with zero attached hydrogens (tertiary/aromatic N) is 1. The lowest BCUT2D eigenvalue weighted by atomic mass is 10.0. The molecule has 2 nitrogen and oxygen atoms in total. The van der Waals surface area contributed by atoms with Gasteiger partial charge in [0.15, 0.2) is 0 Å². The standard InChI is InChI=1S/C16H25FN2/c1-13(15-8-3-4-9-16(15)17)19(2)12-10-14-7-5-6-11-18-14/h3-4,8-9,13-14,18H,5-7,10-12H2,1-2H3. The van der Waals surface area contributed by atoms with E-state index in [0.29, 0.717) is 6.04 Å². The number of hydrogen-bond donors (Lipinski definition) is 1. The van der Waals surface area contributed by atoms with E-state index in [-0.39, 0.29) is 11.9 Å². The van der Waals surface area contributed by atoms with Crippen molar-refractivity contribution in [2.24, 2.45) is 0 Å². The molecule has 1 fully saturated rings. The highest BCUT2D eigenvalue weighted by Crippen LogP contribution is 2.22. The third-order valence-electron chi connectivity index (χ3n) is 4.26. The summed E-state index contributed by atoms with van der Waals surface area (Å²) in [5, 5.41) is 3.56. The van der Waals surface area contributed by atoms with Gasteiger partial charge in [-0.1, -0.05) is 24.6 Å². The Morgan fingerprint density at radius 1 is 1.37 bits per heavy atom. The molecule has 106 valence electrons. The molecule has 1 heterocycles. The maximum Gasteiger partial charge on any atom is 0.127 e. The Bertz CT molecular complexity index is 388. The van der Waals surface area contributed by atoms with Crippen LogP contribution in [-0.4, -0.2) is 31.1 Å². The van der Waals surface area contributed by atoms with Crippen LogP contribution in [0.2, 0.25) is 0 Å². The van der Waals surface area contributed by atoms with E-state index in [1.165, 1.54) is 19.3 Å². The molecule has 0 saturated carbocycles. The third kappa shape index (κ3) is 4.02. The van der Waals surface area contributed by atoms with Gasteiger partial charge in [-0.2, -0.15) is 0 Å². The van der Waals surface area contributed by atoms with Crippen LogP contribution in [0.5, 0.6) is 0 Å². The van der Waals surface area contributed by atoms with E-state index in [1.807, 2.05) is 12.1 Å². The normalized spacial score (nSPS) is 21.6. The van der Waals surface area contributed by atoms with Crippen molar-refractivity contribution in [3.63, 3.8) is 0 Å². The molecule has 0 spiro atoms. The van der Waals surface area contributed by atoms with Crippen molar-refractivity contribution >= 4 is 0 Å². The molecule has 0 bridgehead atoms. The first-order chi connectivity index (χ1) is 9.18. The lowest BCUT2D eigenvalue weighted by molar-refractivity contribution is 0.232. The highest BCUT2D eigenvalue weighted by molar-refractivity contribution is 5.20. The van der Waals surface area contributed by atoms with Gasteiger partial charge in [0.1, 0.15) is 5.82 Å². The molecule has 0 amide bonds. The number of piperidine rings is 1. The van der Waals surface area contributed by atoms with Gasteiger partial charge < -0.3 is 5.32 Å². The molecule has 1 aromatic rings. The molecule has 1 saturated heterocycles. The van der Waals surface area contributed by atoms with E-state index in [9.17, 15) is 4.39 Å². The Morgan fingerprint density at radius 2 is 2.16 bits per heavy atom. The fourth-order valence-electron chi connectivity index (χ4n) is 2.77. The number of rotatable bonds is 5. The molecule has 0 aliphatic carbocycles. The summed E-state index contributed by atoms with van der Waals surface area (Å²) in [5.41, 5.74) is 0.793. The predicted molar refractivity (Wildman–Crippen MR) is 77.7 cm³/mol. The molecule has 19 heavy (non-hydrogen) atoms. The average molecular weight is 264 g/mol. The molecule has 2 atom stereocenters. The van der Waals surface area contributed by atoms with Crippen LogP contribution < -0.4 is 5.32 Å². The molecular formula is C16H25FN2. The van der Waals surface area contributed by atoms with Crippen molar-refractivity contribution in [3.05, 3.63) is 35.6 Å². The van der Waals surface area contributed by atoms with E-state index in [2.05, 4.69) is 24.2 Å². The molecule has 0 radical (unpaired) electrons. The Balaban J connectivity index is 1.85. The molecule has 2 unspecified atom stereocenters. The molecule has 1 aromatic carbocycles. The van der Waals surface area contributed by atoms with E-state index in [0.717, 1.165) is 25.1 Å². The molecule has 1 aliphatic heterocycles. The first-order valence-corrected chi connectivity index (χ1v) is 7.36. The Morgan fingerprint density at radius 3 is 2.84 bits per heavy atom. The summed E-state index contributed by atoms with van der Waals surface area (Å²) >= 11 is 0. The van der Waals surface area contributed by atoms with Crippen LogP contribution in [0.3, 0.4) is 0 Å². The first kappa shape index (κ1) is 14.5. The lowest BCUT2D eigenvalue weighted by Crippen LogP contribution is -2.37. The van der Waals surface area contributed by atoms with Gasteiger partial charge in [0.25, 0.3) is 0 Å². The lowest BCUT2D eigenvalue weighted by Gasteiger charge is -2.29. The smallest absolute Gasteiger partial charge is 0.127 e. The SMILES string of the molecule is CC(c1ccccc1F)N(C)CCC1CCCCN1. The zero-order chi connectivity index (χ0) is 13.7. The van der Waals surface area contributed by atoms with Crippen molar-refractivity contribution in [2.75, 3.05) is 20.1 Å². The van der Waals surface area contributed by atoms with Crippen molar-refractivity contribution in [3.8, 4) is 0 Å². The fourth-order valence-corrected chi connectivity index (χ4v) is 2.77. The first-order valence-electron chi connectivity index (χ1n) is 7.36. The maximum atomic E-state index is 13.8. The fraction of sp³-hybridized carbons (Fsp3) is 0.625. The summed E-state index contributed by atoms with van der Waals surface area (Å²) in [6, 6.07) is 7.86. The van der Waals surface area contributed by atoms with E-state index < -0.39 is 0 Å². The van der Waals surface area contributed by atoms with Crippen LogP contribution in [0.1, 0.15) is 44.2 Å². The number of nitrogens with one attached hydrogen (secondary N) is 1. The summed E-state index contributed by atoms with van der Waals surface area (Å²) < 4.78 is 13.8. The third-order valence-corrected chi connectivity index (χ3v) is 4.26. The van der Waals surface area contributed by atoms with Gasteiger partial charge in [-0.05, 0) is 52.4 Å². The van der Waals surface area contributed by atoms with Crippen LogP contribution in [0.4, 0.5) is 4.39 Å². The Labute approximate surface area is 116 Å². The van der Waals surface area contributed by atoms with Crippen LogP contribution in [-0.2, 0) is 0 Å². The van der Waals surface area contributed by atoms with Crippen molar-refractivity contribution in [1.29, 1.82) is 0 Å². The second-order valence-electron chi connectivity index (χ2n) is 5.61. The Kier molecular flexibility index (Phi) is 5.34. The minimum Gasteiger partial charge on any atom is -0.314 e. The molecule has 3 heteroatoms. The van der Waals surface area contributed by atoms with Gasteiger partial charge >= 0.3 is 0 Å². The topological polar surface area (TPSA) is 15.3 Å². The van der Waals surface area contributed by atoms with Gasteiger partial charge in [0.2, 0.25) is 0 Å². The Hall–Kier alpha value is -0.930. The summed E-state index contributed by atoms with van der Waals surface area (Å²) in [5.74, 6) is -0.0994. The van der Waals surface area contributed by atoms with Crippen LogP contribution in [0, 0.1) is 5.82 Å². The minimum absolute atomic E-state index is 0.0994. The van der Waals surface area contributed by atoms with E-state index in [4.69, 9.17) is 0 Å². The van der Waals surface area contributed by atoms with Crippen molar-refractivity contribution < 1.29 is 4.39 Å². The molecule has 1 N–H and O–H groups in total.